The minimum atomic E-state index is 0.838. The number of thiazole rings is 1. The summed E-state index contributed by atoms with van der Waals surface area (Å²) in [5, 5.41) is 1.15. The fourth-order valence-electron chi connectivity index (χ4n) is 1.32. The molecule has 4 heteroatoms. The summed E-state index contributed by atoms with van der Waals surface area (Å²) in [5.41, 5.74) is 1.14. The molecule has 0 saturated carbocycles. The van der Waals surface area contributed by atoms with Crippen molar-refractivity contribution in [1.29, 1.82) is 0 Å². The summed E-state index contributed by atoms with van der Waals surface area (Å²) < 4.78 is 2.11. The summed E-state index contributed by atoms with van der Waals surface area (Å²) in [4.78, 5) is 9.98. The van der Waals surface area contributed by atoms with Crippen molar-refractivity contribution >= 4 is 11.3 Å². The minimum Gasteiger partial charge on any atom is -0.328 e. The Kier molecular flexibility index (Phi) is 2.37. The summed E-state index contributed by atoms with van der Waals surface area (Å²) in [7, 11) is 0. The lowest BCUT2D eigenvalue weighted by molar-refractivity contribution is 0.754. The van der Waals surface area contributed by atoms with Crippen molar-refractivity contribution in [2.45, 2.75) is 27.3 Å². The fourth-order valence-corrected chi connectivity index (χ4v) is 2.26. The van der Waals surface area contributed by atoms with Gasteiger partial charge in [0.25, 0.3) is 0 Å². The molecule has 0 aromatic carbocycles. The summed E-state index contributed by atoms with van der Waals surface area (Å²) in [6, 6.07) is 0. The molecule has 0 aliphatic heterocycles. The summed E-state index contributed by atoms with van der Waals surface area (Å²) in [6.07, 6.45) is 3.81. The van der Waals surface area contributed by atoms with Crippen LogP contribution in [0.1, 0.15) is 21.4 Å². The molecule has 0 spiro atoms. The largest absolute Gasteiger partial charge is 0.328 e. The molecule has 0 radical (unpaired) electrons. The molecule has 0 N–H and O–H groups in total. The quantitative estimate of drug-likeness (QED) is 0.756. The Morgan fingerprint density at radius 3 is 2.64 bits per heavy atom. The van der Waals surface area contributed by atoms with Gasteiger partial charge >= 0.3 is 0 Å². The van der Waals surface area contributed by atoms with Gasteiger partial charge in [0.1, 0.15) is 10.8 Å². The van der Waals surface area contributed by atoms with Crippen LogP contribution in [0.2, 0.25) is 0 Å². The predicted octanol–water partition coefficient (Wildman–Crippen LogP) is 2.31. The lowest BCUT2D eigenvalue weighted by Gasteiger charge is -2.00. The second-order valence-corrected chi connectivity index (χ2v) is 4.64. The smallest absolute Gasteiger partial charge is 0.113 e. The highest BCUT2D eigenvalue weighted by Gasteiger charge is 2.05. The van der Waals surface area contributed by atoms with E-state index in [1.165, 1.54) is 4.88 Å². The SMILES string of the molecule is Cc1nc(Cn2ccnc2C)sc1C. The third kappa shape index (κ3) is 1.70. The molecule has 2 heterocycles. The highest BCUT2D eigenvalue weighted by atomic mass is 32.1. The van der Waals surface area contributed by atoms with Crippen LogP contribution in [-0.4, -0.2) is 14.5 Å². The van der Waals surface area contributed by atoms with Crippen LogP contribution >= 0.6 is 11.3 Å². The van der Waals surface area contributed by atoms with Gasteiger partial charge in [0.2, 0.25) is 0 Å². The highest BCUT2D eigenvalue weighted by molar-refractivity contribution is 7.11. The van der Waals surface area contributed by atoms with Gasteiger partial charge in [-0.25, -0.2) is 9.97 Å². The topological polar surface area (TPSA) is 30.7 Å². The van der Waals surface area contributed by atoms with Crippen LogP contribution in [-0.2, 0) is 6.54 Å². The highest BCUT2D eigenvalue weighted by Crippen LogP contribution is 2.17. The normalized spacial score (nSPS) is 10.8. The lowest BCUT2D eigenvalue weighted by atomic mass is 10.4. The fraction of sp³-hybridized carbons (Fsp3) is 0.400. The molecular formula is C10H13N3S. The minimum absolute atomic E-state index is 0.838. The van der Waals surface area contributed by atoms with E-state index >= 15 is 0 Å². The zero-order valence-electron chi connectivity index (χ0n) is 8.61. The van der Waals surface area contributed by atoms with Crippen LogP contribution in [0.3, 0.4) is 0 Å². The molecule has 0 saturated heterocycles. The van der Waals surface area contributed by atoms with E-state index in [0.29, 0.717) is 0 Å². The first-order valence-electron chi connectivity index (χ1n) is 4.57. The monoisotopic (exact) mass is 207 g/mol. The van der Waals surface area contributed by atoms with Crippen molar-refractivity contribution in [2.24, 2.45) is 0 Å². The Hall–Kier alpha value is -1.16. The third-order valence-electron chi connectivity index (χ3n) is 2.30. The molecule has 0 amide bonds. The van der Waals surface area contributed by atoms with Crippen LogP contribution in [0.4, 0.5) is 0 Å². The molecule has 3 nitrogen and oxygen atoms in total. The number of hydrogen-bond donors (Lipinski definition) is 0. The number of aryl methyl sites for hydroxylation is 3. The second kappa shape index (κ2) is 3.53. The maximum absolute atomic E-state index is 4.50. The van der Waals surface area contributed by atoms with Gasteiger partial charge in [0, 0.05) is 17.3 Å². The van der Waals surface area contributed by atoms with Crippen LogP contribution in [0, 0.1) is 20.8 Å². The van der Waals surface area contributed by atoms with Crippen LogP contribution in [0.25, 0.3) is 0 Å². The molecule has 74 valence electrons. The molecule has 2 rings (SSSR count). The number of hydrogen-bond acceptors (Lipinski definition) is 3. The molecule has 0 atom stereocenters. The maximum atomic E-state index is 4.50. The van der Waals surface area contributed by atoms with Gasteiger partial charge < -0.3 is 4.57 Å². The average molecular weight is 207 g/mol. The maximum Gasteiger partial charge on any atom is 0.113 e. The van der Waals surface area contributed by atoms with Gasteiger partial charge in [-0.1, -0.05) is 0 Å². The van der Waals surface area contributed by atoms with Crippen molar-refractivity contribution in [1.82, 2.24) is 14.5 Å². The van der Waals surface area contributed by atoms with Crippen LogP contribution < -0.4 is 0 Å². The van der Waals surface area contributed by atoms with E-state index in [4.69, 9.17) is 0 Å². The first kappa shape index (κ1) is 9.40. The van der Waals surface area contributed by atoms with Gasteiger partial charge in [0.15, 0.2) is 0 Å². The van der Waals surface area contributed by atoms with E-state index in [2.05, 4.69) is 28.4 Å². The molecule has 14 heavy (non-hydrogen) atoms. The molecule has 0 aliphatic rings. The predicted molar refractivity (Wildman–Crippen MR) is 57.7 cm³/mol. The van der Waals surface area contributed by atoms with Crippen molar-refractivity contribution in [2.75, 3.05) is 0 Å². The van der Waals surface area contributed by atoms with E-state index in [9.17, 15) is 0 Å². The van der Waals surface area contributed by atoms with Gasteiger partial charge in [0.05, 0.1) is 12.2 Å². The van der Waals surface area contributed by atoms with Crippen LogP contribution in [0.5, 0.6) is 0 Å². The molecular weight excluding hydrogens is 194 g/mol. The zero-order valence-corrected chi connectivity index (χ0v) is 9.43. The Morgan fingerprint density at radius 1 is 1.36 bits per heavy atom. The summed E-state index contributed by atoms with van der Waals surface area (Å²) >= 11 is 1.76. The van der Waals surface area contributed by atoms with Gasteiger partial charge in [-0.05, 0) is 20.8 Å². The average Bonchev–Trinajstić information content (AvgIpc) is 2.63. The Morgan fingerprint density at radius 2 is 2.14 bits per heavy atom. The van der Waals surface area contributed by atoms with Gasteiger partial charge in [-0.3, -0.25) is 0 Å². The van der Waals surface area contributed by atoms with Gasteiger partial charge in [-0.15, -0.1) is 11.3 Å². The Bertz CT molecular complexity index is 422. The number of imidazole rings is 1. The standard InChI is InChI=1S/C10H13N3S/c1-7-8(2)14-10(12-7)6-13-5-4-11-9(13)3/h4-5H,6H2,1-3H3. The Balaban J connectivity index is 2.23. The molecule has 2 aromatic rings. The first-order valence-corrected chi connectivity index (χ1v) is 5.39. The van der Waals surface area contributed by atoms with Gasteiger partial charge in [-0.2, -0.15) is 0 Å². The number of aromatic nitrogens is 3. The van der Waals surface area contributed by atoms with E-state index < -0.39 is 0 Å². The van der Waals surface area contributed by atoms with Crippen molar-refractivity contribution < 1.29 is 0 Å². The second-order valence-electron chi connectivity index (χ2n) is 3.35. The van der Waals surface area contributed by atoms with E-state index in [1.54, 1.807) is 11.3 Å². The molecule has 2 aromatic heterocycles. The molecule has 0 bridgehead atoms. The summed E-state index contributed by atoms with van der Waals surface area (Å²) in [6.45, 7) is 7.01. The van der Waals surface area contributed by atoms with Crippen molar-refractivity contribution in [3.05, 3.63) is 33.8 Å². The van der Waals surface area contributed by atoms with Crippen molar-refractivity contribution in [3.8, 4) is 0 Å². The zero-order chi connectivity index (χ0) is 10.1. The third-order valence-corrected chi connectivity index (χ3v) is 3.36. The summed E-state index contributed by atoms with van der Waals surface area (Å²) in [5.74, 6) is 1.04. The molecule has 0 unspecified atom stereocenters. The first-order chi connectivity index (χ1) is 6.66. The lowest BCUT2D eigenvalue weighted by Crippen LogP contribution is -2.00. The van der Waals surface area contributed by atoms with Crippen LogP contribution in [0.15, 0.2) is 12.4 Å². The van der Waals surface area contributed by atoms with E-state index in [1.807, 2.05) is 19.3 Å². The number of rotatable bonds is 2. The van der Waals surface area contributed by atoms with Crippen molar-refractivity contribution in [3.63, 3.8) is 0 Å². The molecule has 0 aliphatic carbocycles. The number of nitrogens with zero attached hydrogens (tertiary/aromatic N) is 3. The molecule has 0 fully saturated rings. The van der Waals surface area contributed by atoms with E-state index in [0.717, 1.165) is 23.1 Å². The van der Waals surface area contributed by atoms with E-state index in [-0.39, 0.29) is 0 Å². The Labute approximate surface area is 87.4 Å².